The fraction of sp³-hybridized carbons (Fsp3) is 0.0500. The first-order valence-electron chi connectivity index (χ1n) is 8.12. The Bertz CT molecular complexity index is 1150. The molecular weight excluding hydrogens is 353 g/mol. The highest BCUT2D eigenvalue weighted by molar-refractivity contribution is 5.94. The van der Waals surface area contributed by atoms with Crippen molar-refractivity contribution in [3.05, 3.63) is 72.3 Å². The van der Waals surface area contributed by atoms with Gasteiger partial charge in [-0.05, 0) is 42.0 Å². The van der Waals surface area contributed by atoms with Gasteiger partial charge >= 0.3 is 0 Å². The van der Waals surface area contributed by atoms with Crippen LogP contribution in [0.5, 0.6) is 0 Å². The zero-order valence-corrected chi connectivity index (χ0v) is 14.2. The van der Waals surface area contributed by atoms with Gasteiger partial charge in [-0.3, -0.25) is 4.98 Å². The maximum Gasteiger partial charge on any atom is 0.169 e. The van der Waals surface area contributed by atoms with E-state index in [-0.39, 0.29) is 5.56 Å². The first-order chi connectivity index (χ1) is 13.1. The summed E-state index contributed by atoms with van der Waals surface area (Å²) in [6.07, 6.45) is 3.30. The number of aromatic nitrogens is 3. The second-order valence-corrected chi connectivity index (χ2v) is 5.84. The third-order valence-corrected chi connectivity index (χ3v) is 4.18. The fourth-order valence-corrected chi connectivity index (χ4v) is 2.89. The van der Waals surface area contributed by atoms with E-state index in [1.54, 1.807) is 31.6 Å². The van der Waals surface area contributed by atoms with Gasteiger partial charge in [-0.15, -0.1) is 0 Å². The molecule has 27 heavy (non-hydrogen) atoms. The topological polar surface area (TPSA) is 50.7 Å². The smallest absolute Gasteiger partial charge is 0.169 e. The molecule has 1 N–H and O–H groups in total. The predicted octanol–water partition coefficient (Wildman–Crippen LogP) is 4.82. The molecule has 0 saturated heterocycles. The standard InChI is InChI=1S/C20H13F3N4/c1-24-20-13-9-11(17-14(21)5-6-15(22)18(17)23)4-7-16(13)26-19(27-20)12-3-2-8-25-10-12/h2-10H,1H3,(H,24,26,27). The molecule has 4 nitrogen and oxygen atoms in total. The highest BCUT2D eigenvalue weighted by atomic mass is 19.2. The van der Waals surface area contributed by atoms with E-state index in [4.69, 9.17) is 0 Å². The maximum atomic E-state index is 14.1. The number of hydrogen-bond acceptors (Lipinski definition) is 4. The van der Waals surface area contributed by atoms with Crippen LogP contribution in [0.1, 0.15) is 0 Å². The van der Waals surface area contributed by atoms with Gasteiger partial charge in [-0.2, -0.15) is 0 Å². The summed E-state index contributed by atoms with van der Waals surface area (Å²) < 4.78 is 41.8. The van der Waals surface area contributed by atoms with Gasteiger partial charge in [-0.25, -0.2) is 23.1 Å². The van der Waals surface area contributed by atoms with Crippen LogP contribution in [0.25, 0.3) is 33.4 Å². The first kappa shape index (κ1) is 17.0. The lowest BCUT2D eigenvalue weighted by Gasteiger charge is -2.11. The molecule has 0 saturated carbocycles. The lowest BCUT2D eigenvalue weighted by atomic mass is 10.0. The second kappa shape index (κ2) is 6.68. The average molecular weight is 366 g/mol. The number of hydrogen-bond donors (Lipinski definition) is 1. The molecule has 2 aromatic carbocycles. The van der Waals surface area contributed by atoms with Crippen LogP contribution in [0.15, 0.2) is 54.9 Å². The summed E-state index contributed by atoms with van der Waals surface area (Å²) in [5.41, 5.74) is 1.10. The third kappa shape index (κ3) is 2.97. The van der Waals surface area contributed by atoms with Crippen molar-refractivity contribution in [1.82, 2.24) is 15.0 Å². The Labute approximate surface area is 152 Å². The first-order valence-corrected chi connectivity index (χ1v) is 8.12. The summed E-state index contributed by atoms with van der Waals surface area (Å²) in [6, 6.07) is 9.94. The van der Waals surface area contributed by atoms with E-state index in [1.807, 2.05) is 6.07 Å². The van der Waals surface area contributed by atoms with Crippen molar-refractivity contribution in [3.63, 3.8) is 0 Å². The number of benzene rings is 2. The van der Waals surface area contributed by atoms with Crippen LogP contribution < -0.4 is 5.32 Å². The Morgan fingerprint density at radius 3 is 2.44 bits per heavy atom. The summed E-state index contributed by atoms with van der Waals surface area (Å²) in [5.74, 6) is -2.22. The Kier molecular flexibility index (Phi) is 4.19. The van der Waals surface area contributed by atoms with E-state index in [1.165, 1.54) is 12.1 Å². The summed E-state index contributed by atoms with van der Waals surface area (Å²) in [4.78, 5) is 13.0. The molecule has 0 unspecified atom stereocenters. The minimum Gasteiger partial charge on any atom is -0.373 e. The summed E-state index contributed by atoms with van der Waals surface area (Å²) >= 11 is 0. The number of fused-ring (bicyclic) bond motifs is 1. The second-order valence-electron chi connectivity index (χ2n) is 5.84. The van der Waals surface area contributed by atoms with E-state index in [2.05, 4.69) is 20.3 Å². The Balaban J connectivity index is 1.93. The van der Waals surface area contributed by atoms with Crippen molar-refractivity contribution < 1.29 is 13.2 Å². The molecule has 0 fully saturated rings. The normalized spacial score (nSPS) is 11.0. The zero-order valence-electron chi connectivity index (χ0n) is 14.2. The molecule has 0 aliphatic rings. The van der Waals surface area contributed by atoms with Gasteiger partial charge in [0.25, 0.3) is 0 Å². The van der Waals surface area contributed by atoms with Crippen molar-refractivity contribution in [3.8, 4) is 22.5 Å². The molecule has 2 heterocycles. The van der Waals surface area contributed by atoms with Crippen LogP contribution in [-0.4, -0.2) is 22.0 Å². The van der Waals surface area contributed by atoms with Crippen LogP contribution >= 0.6 is 0 Å². The molecule has 7 heteroatoms. The van der Waals surface area contributed by atoms with Gasteiger partial charge in [-0.1, -0.05) is 6.07 Å². The van der Waals surface area contributed by atoms with Gasteiger partial charge in [0, 0.05) is 30.4 Å². The molecule has 0 amide bonds. The fourth-order valence-electron chi connectivity index (χ4n) is 2.89. The lowest BCUT2D eigenvalue weighted by molar-refractivity contribution is 0.499. The number of nitrogens with zero attached hydrogens (tertiary/aromatic N) is 3. The molecule has 0 radical (unpaired) electrons. The number of rotatable bonds is 3. The average Bonchev–Trinajstić information content (AvgIpc) is 2.71. The SMILES string of the molecule is CNc1nc(-c2cccnc2)nc2ccc(-c3c(F)ccc(F)c3F)cc12. The van der Waals surface area contributed by atoms with Crippen LogP contribution in [-0.2, 0) is 0 Å². The van der Waals surface area contributed by atoms with Crippen molar-refractivity contribution in [2.75, 3.05) is 12.4 Å². The van der Waals surface area contributed by atoms with Gasteiger partial charge in [0.05, 0.1) is 11.1 Å². The summed E-state index contributed by atoms with van der Waals surface area (Å²) in [6.45, 7) is 0. The predicted molar refractivity (Wildman–Crippen MR) is 97.6 cm³/mol. The van der Waals surface area contributed by atoms with Crippen LogP contribution in [0.3, 0.4) is 0 Å². The molecular formula is C20H13F3N4. The van der Waals surface area contributed by atoms with E-state index in [0.717, 1.165) is 17.7 Å². The van der Waals surface area contributed by atoms with Crippen molar-refractivity contribution in [1.29, 1.82) is 0 Å². The van der Waals surface area contributed by atoms with E-state index in [9.17, 15) is 13.2 Å². The van der Waals surface area contributed by atoms with E-state index >= 15 is 0 Å². The molecule has 4 rings (SSSR count). The van der Waals surface area contributed by atoms with Crippen LogP contribution in [0.2, 0.25) is 0 Å². The lowest BCUT2D eigenvalue weighted by Crippen LogP contribution is -2.00. The minimum absolute atomic E-state index is 0.200. The number of halogens is 3. The highest BCUT2D eigenvalue weighted by Gasteiger charge is 2.17. The number of anilines is 1. The zero-order chi connectivity index (χ0) is 19.0. The molecule has 0 spiro atoms. The van der Waals surface area contributed by atoms with Crippen molar-refractivity contribution in [2.45, 2.75) is 0 Å². The Morgan fingerprint density at radius 1 is 0.889 bits per heavy atom. The van der Waals surface area contributed by atoms with Crippen LogP contribution in [0.4, 0.5) is 19.0 Å². The quantitative estimate of drug-likeness (QED) is 0.528. The molecule has 134 valence electrons. The van der Waals surface area contributed by atoms with Gasteiger partial charge in [0.15, 0.2) is 17.5 Å². The monoisotopic (exact) mass is 366 g/mol. The van der Waals surface area contributed by atoms with Crippen molar-refractivity contribution in [2.24, 2.45) is 0 Å². The molecule has 0 bridgehead atoms. The number of nitrogens with one attached hydrogen (secondary N) is 1. The Morgan fingerprint density at radius 2 is 1.70 bits per heavy atom. The van der Waals surface area contributed by atoms with Gasteiger partial charge in [0.1, 0.15) is 11.6 Å². The van der Waals surface area contributed by atoms with Crippen molar-refractivity contribution >= 4 is 16.7 Å². The summed E-state index contributed by atoms with van der Waals surface area (Å²) in [7, 11) is 1.69. The molecule has 0 atom stereocenters. The van der Waals surface area contributed by atoms with E-state index < -0.39 is 23.0 Å². The minimum atomic E-state index is -1.23. The van der Waals surface area contributed by atoms with Gasteiger partial charge in [0.2, 0.25) is 0 Å². The molecule has 0 aliphatic heterocycles. The van der Waals surface area contributed by atoms with E-state index in [0.29, 0.717) is 22.5 Å². The highest BCUT2D eigenvalue weighted by Crippen LogP contribution is 2.32. The largest absolute Gasteiger partial charge is 0.373 e. The number of pyridine rings is 1. The maximum absolute atomic E-state index is 14.1. The van der Waals surface area contributed by atoms with Crippen LogP contribution in [0, 0.1) is 17.5 Å². The third-order valence-electron chi connectivity index (χ3n) is 4.18. The van der Waals surface area contributed by atoms with Gasteiger partial charge < -0.3 is 5.32 Å². The molecule has 0 aliphatic carbocycles. The molecule has 2 aromatic heterocycles. The summed E-state index contributed by atoms with van der Waals surface area (Å²) in [5, 5.41) is 3.53. The molecule has 4 aromatic rings. The Hall–Kier alpha value is -3.48.